The number of alkyl halides is 3. The summed E-state index contributed by atoms with van der Waals surface area (Å²) in [7, 11) is 0. The van der Waals surface area contributed by atoms with Crippen molar-refractivity contribution in [1.82, 2.24) is 0 Å². The molecule has 1 rings (SSSR count). The summed E-state index contributed by atoms with van der Waals surface area (Å²) in [5.74, 6) is -0.164. The van der Waals surface area contributed by atoms with Crippen LogP contribution in [0.15, 0.2) is 0 Å². The van der Waals surface area contributed by atoms with Crippen LogP contribution in [0.3, 0.4) is 0 Å². The first-order chi connectivity index (χ1) is 8.25. The average molecular weight is 282 g/mol. The predicted octanol–water partition coefficient (Wildman–Crippen LogP) is 4.06. The first kappa shape index (κ1) is 16.8. The van der Waals surface area contributed by atoms with Crippen LogP contribution in [-0.2, 0) is 4.74 Å². The highest BCUT2D eigenvalue weighted by Gasteiger charge is 2.52. The SMILES string of the molecule is CC1(C)CC(C(C)(O)CCCC(F)(F)F)C(C)(C)O1. The van der Waals surface area contributed by atoms with Crippen molar-refractivity contribution in [3.05, 3.63) is 0 Å². The summed E-state index contributed by atoms with van der Waals surface area (Å²) in [6.45, 7) is 9.30. The zero-order chi connectivity index (χ0) is 15.1. The smallest absolute Gasteiger partial charge is 0.389 e. The Hall–Kier alpha value is -0.290. The van der Waals surface area contributed by atoms with Crippen LogP contribution in [0.2, 0.25) is 0 Å². The standard InChI is InChI=1S/C14H25F3O2/c1-11(2)9-10(12(3,4)19-11)13(5,18)7-6-8-14(15,16)17/h10,18H,6-9H2,1-5H3. The van der Waals surface area contributed by atoms with Crippen LogP contribution in [0.4, 0.5) is 13.2 Å². The molecule has 1 fully saturated rings. The fraction of sp³-hybridized carbons (Fsp3) is 1.00. The van der Waals surface area contributed by atoms with E-state index in [0.29, 0.717) is 6.42 Å². The topological polar surface area (TPSA) is 29.5 Å². The summed E-state index contributed by atoms with van der Waals surface area (Å²) in [5, 5.41) is 10.5. The van der Waals surface area contributed by atoms with E-state index in [1.54, 1.807) is 6.92 Å². The van der Waals surface area contributed by atoms with Gasteiger partial charge in [-0.3, -0.25) is 0 Å². The van der Waals surface area contributed by atoms with Gasteiger partial charge in [-0.05, 0) is 53.9 Å². The molecule has 2 unspecified atom stereocenters. The van der Waals surface area contributed by atoms with Crippen LogP contribution in [0.1, 0.15) is 60.3 Å². The molecule has 0 spiro atoms. The van der Waals surface area contributed by atoms with Crippen molar-refractivity contribution in [2.45, 2.75) is 83.3 Å². The van der Waals surface area contributed by atoms with E-state index in [-0.39, 0.29) is 24.4 Å². The number of ether oxygens (including phenoxy) is 1. The van der Waals surface area contributed by atoms with Gasteiger partial charge >= 0.3 is 6.18 Å². The van der Waals surface area contributed by atoms with Gasteiger partial charge in [-0.15, -0.1) is 0 Å². The monoisotopic (exact) mass is 282 g/mol. The molecule has 0 saturated carbocycles. The lowest BCUT2D eigenvalue weighted by Crippen LogP contribution is -2.44. The highest BCUT2D eigenvalue weighted by atomic mass is 19.4. The number of hydrogen-bond acceptors (Lipinski definition) is 2. The summed E-state index contributed by atoms with van der Waals surface area (Å²) in [6.07, 6.45) is -4.26. The molecular weight excluding hydrogens is 257 g/mol. The lowest BCUT2D eigenvalue weighted by Gasteiger charge is -2.37. The van der Waals surface area contributed by atoms with Crippen LogP contribution >= 0.6 is 0 Å². The van der Waals surface area contributed by atoms with Crippen LogP contribution in [-0.4, -0.2) is 28.1 Å². The third-order valence-electron chi connectivity index (χ3n) is 3.97. The second-order valence-electron chi connectivity index (χ2n) is 7.05. The van der Waals surface area contributed by atoms with Crippen LogP contribution in [0.5, 0.6) is 0 Å². The van der Waals surface area contributed by atoms with Gasteiger partial charge in [0, 0.05) is 12.3 Å². The quantitative estimate of drug-likeness (QED) is 0.842. The van der Waals surface area contributed by atoms with E-state index in [1.165, 1.54) is 0 Å². The molecule has 0 amide bonds. The van der Waals surface area contributed by atoms with Gasteiger partial charge in [0.25, 0.3) is 0 Å². The predicted molar refractivity (Wildman–Crippen MR) is 67.9 cm³/mol. The molecule has 2 atom stereocenters. The molecule has 1 aliphatic heterocycles. The number of hydrogen-bond donors (Lipinski definition) is 1. The lowest BCUT2D eigenvalue weighted by molar-refractivity contribution is -0.141. The minimum Gasteiger partial charge on any atom is -0.390 e. The summed E-state index contributed by atoms with van der Waals surface area (Å²) in [5.41, 5.74) is -2.00. The van der Waals surface area contributed by atoms with Crippen molar-refractivity contribution in [2.75, 3.05) is 0 Å². The first-order valence-corrected chi connectivity index (χ1v) is 6.75. The Morgan fingerprint density at radius 3 is 2.05 bits per heavy atom. The molecule has 0 aliphatic carbocycles. The van der Waals surface area contributed by atoms with Gasteiger partial charge < -0.3 is 9.84 Å². The molecule has 1 heterocycles. The maximum Gasteiger partial charge on any atom is 0.389 e. The Labute approximate surface area is 113 Å². The number of rotatable bonds is 4. The molecule has 1 N–H and O–H groups in total. The molecular formula is C14H25F3O2. The van der Waals surface area contributed by atoms with Gasteiger partial charge in [0.05, 0.1) is 16.8 Å². The summed E-state index contributed by atoms with van der Waals surface area (Å²) in [6, 6.07) is 0. The maximum atomic E-state index is 12.2. The third kappa shape index (κ3) is 4.63. The molecule has 5 heteroatoms. The minimum absolute atomic E-state index is 0.0521. The molecule has 114 valence electrons. The van der Waals surface area contributed by atoms with Crippen LogP contribution < -0.4 is 0 Å². The van der Waals surface area contributed by atoms with E-state index in [9.17, 15) is 18.3 Å². The average Bonchev–Trinajstić information content (AvgIpc) is 2.31. The molecule has 19 heavy (non-hydrogen) atoms. The fourth-order valence-electron chi connectivity index (χ4n) is 3.35. The van der Waals surface area contributed by atoms with Crippen molar-refractivity contribution in [2.24, 2.45) is 5.92 Å². The Bertz CT molecular complexity index is 319. The van der Waals surface area contributed by atoms with Crippen molar-refractivity contribution >= 4 is 0 Å². The van der Waals surface area contributed by atoms with Crippen molar-refractivity contribution in [3.8, 4) is 0 Å². The normalized spacial score (nSPS) is 29.2. The molecule has 0 aromatic heterocycles. The summed E-state index contributed by atoms with van der Waals surface area (Å²) < 4.78 is 42.4. The molecule has 0 bridgehead atoms. The van der Waals surface area contributed by atoms with E-state index < -0.39 is 23.8 Å². The zero-order valence-electron chi connectivity index (χ0n) is 12.4. The second kappa shape index (κ2) is 4.92. The maximum absolute atomic E-state index is 12.2. The van der Waals surface area contributed by atoms with Gasteiger partial charge in [0.2, 0.25) is 0 Å². The molecule has 1 aliphatic rings. The summed E-state index contributed by atoms with van der Waals surface area (Å²) >= 11 is 0. The zero-order valence-corrected chi connectivity index (χ0v) is 12.4. The van der Waals surface area contributed by atoms with E-state index >= 15 is 0 Å². The molecule has 0 aromatic carbocycles. The Kier molecular flexibility index (Phi) is 4.34. The molecule has 1 saturated heterocycles. The number of halogens is 3. The highest BCUT2D eigenvalue weighted by molar-refractivity contribution is 5.02. The van der Waals surface area contributed by atoms with Crippen molar-refractivity contribution < 1.29 is 23.0 Å². The van der Waals surface area contributed by atoms with Gasteiger partial charge in [-0.2, -0.15) is 13.2 Å². The van der Waals surface area contributed by atoms with Gasteiger partial charge in [-0.25, -0.2) is 0 Å². The van der Waals surface area contributed by atoms with Crippen molar-refractivity contribution in [3.63, 3.8) is 0 Å². The van der Waals surface area contributed by atoms with E-state index in [2.05, 4.69) is 0 Å². The number of aliphatic hydroxyl groups is 1. The second-order valence-corrected chi connectivity index (χ2v) is 7.05. The van der Waals surface area contributed by atoms with E-state index in [4.69, 9.17) is 4.74 Å². The Morgan fingerprint density at radius 1 is 1.16 bits per heavy atom. The summed E-state index contributed by atoms with van der Waals surface area (Å²) in [4.78, 5) is 0. The van der Waals surface area contributed by atoms with Gasteiger partial charge in [0.1, 0.15) is 0 Å². The first-order valence-electron chi connectivity index (χ1n) is 6.75. The Morgan fingerprint density at radius 2 is 1.68 bits per heavy atom. The largest absolute Gasteiger partial charge is 0.390 e. The third-order valence-corrected chi connectivity index (χ3v) is 3.97. The van der Waals surface area contributed by atoms with Crippen LogP contribution in [0.25, 0.3) is 0 Å². The van der Waals surface area contributed by atoms with E-state index in [1.807, 2.05) is 27.7 Å². The molecule has 0 radical (unpaired) electrons. The molecule has 2 nitrogen and oxygen atoms in total. The fourth-order valence-corrected chi connectivity index (χ4v) is 3.35. The van der Waals surface area contributed by atoms with E-state index in [0.717, 1.165) is 0 Å². The molecule has 0 aromatic rings. The van der Waals surface area contributed by atoms with Crippen LogP contribution in [0, 0.1) is 5.92 Å². The lowest BCUT2D eigenvalue weighted by atomic mass is 9.73. The minimum atomic E-state index is -4.16. The van der Waals surface area contributed by atoms with Gasteiger partial charge in [0.15, 0.2) is 0 Å². The van der Waals surface area contributed by atoms with Crippen molar-refractivity contribution in [1.29, 1.82) is 0 Å². The van der Waals surface area contributed by atoms with Gasteiger partial charge in [-0.1, -0.05) is 0 Å². The highest BCUT2D eigenvalue weighted by Crippen LogP contribution is 2.48. The Balaban J connectivity index is 2.67.